The molecule has 1 heterocycles. The summed E-state index contributed by atoms with van der Waals surface area (Å²) in [6, 6.07) is 7.25. The molecule has 16 heavy (non-hydrogen) atoms. The fourth-order valence-electron chi connectivity index (χ4n) is 1.93. The minimum Gasteiger partial charge on any atom is -0.508 e. The van der Waals surface area contributed by atoms with Gasteiger partial charge in [0, 0.05) is 32.7 Å². The van der Waals surface area contributed by atoms with E-state index >= 15 is 0 Å². The number of nitrogens with one attached hydrogen (secondary N) is 1. The summed E-state index contributed by atoms with van der Waals surface area (Å²) in [6.07, 6.45) is 0. The first kappa shape index (κ1) is 11.2. The summed E-state index contributed by atoms with van der Waals surface area (Å²) in [5.74, 6) is 0.304. The monoisotopic (exact) mass is 218 g/mol. The van der Waals surface area contributed by atoms with E-state index in [1.54, 1.807) is 12.1 Å². The van der Waals surface area contributed by atoms with E-state index < -0.39 is 0 Å². The summed E-state index contributed by atoms with van der Waals surface area (Å²) in [7, 11) is 0. The molecule has 0 unspecified atom stereocenters. The summed E-state index contributed by atoms with van der Waals surface area (Å²) in [5.41, 5.74) is 2.22. The molecule has 0 aromatic heterocycles. The van der Waals surface area contributed by atoms with Gasteiger partial charge in [-0.2, -0.15) is 0 Å². The third-order valence-corrected chi connectivity index (χ3v) is 2.90. The Hall–Kier alpha value is -1.32. The van der Waals surface area contributed by atoms with E-state index in [-0.39, 0.29) is 0 Å². The molecule has 0 radical (unpaired) electrons. The first-order valence-electron chi connectivity index (χ1n) is 5.66. The second-order valence-electron chi connectivity index (χ2n) is 4.18. The molecule has 2 rings (SSSR count). The highest BCUT2D eigenvalue weighted by atomic mass is 16.3. The summed E-state index contributed by atoms with van der Waals surface area (Å²) in [5, 5.41) is 12.5. The molecule has 1 saturated heterocycles. The van der Waals surface area contributed by atoms with Crippen LogP contribution in [-0.2, 0) is 0 Å². The van der Waals surface area contributed by atoms with Crippen molar-refractivity contribution in [3.8, 4) is 5.75 Å². The van der Waals surface area contributed by atoms with Crippen LogP contribution in [0.2, 0.25) is 0 Å². The molecule has 0 bridgehead atoms. The molecule has 3 nitrogen and oxygen atoms in total. The molecule has 0 spiro atoms. The third-order valence-electron chi connectivity index (χ3n) is 2.90. The number of hydrogen-bond donors (Lipinski definition) is 2. The van der Waals surface area contributed by atoms with Crippen molar-refractivity contribution < 1.29 is 5.11 Å². The van der Waals surface area contributed by atoms with Crippen molar-refractivity contribution in [1.29, 1.82) is 0 Å². The van der Waals surface area contributed by atoms with E-state index in [1.165, 1.54) is 0 Å². The van der Waals surface area contributed by atoms with Gasteiger partial charge in [0.25, 0.3) is 0 Å². The van der Waals surface area contributed by atoms with Gasteiger partial charge >= 0.3 is 0 Å². The van der Waals surface area contributed by atoms with Crippen LogP contribution in [0.25, 0.3) is 5.57 Å². The number of phenols is 1. The van der Waals surface area contributed by atoms with Crippen molar-refractivity contribution in [2.45, 2.75) is 0 Å². The number of nitrogens with zero attached hydrogens (tertiary/aromatic N) is 1. The van der Waals surface area contributed by atoms with Crippen LogP contribution in [0.5, 0.6) is 5.75 Å². The second-order valence-corrected chi connectivity index (χ2v) is 4.18. The number of piperazine rings is 1. The van der Waals surface area contributed by atoms with Crippen LogP contribution in [0, 0.1) is 0 Å². The molecule has 1 fully saturated rings. The predicted molar refractivity (Wildman–Crippen MR) is 66.5 cm³/mol. The lowest BCUT2D eigenvalue weighted by molar-refractivity contribution is 0.268. The lowest BCUT2D eigenvalue weighted by Crippen LogP contribution is -2.43. The number of rotatable bonds is 3. The van der Waals surface area contributed by atoms with Crippen molar-refractivity contribution in [1.82, 2.24) is 10.2 Å². The Morgan fingerprint density at radius 3 is 2.50 bits per heavy atom. The molecule has 1 aliphatic rings. The summed E-state index contributed by atoms with van der Waals surface area (Å²) in [6.45, 7) is 9.29. The fourth-order valence-corrected chi connectivity index (χ4v) is 1.93. The maximum atomic E-state index is 9.21. The number of phenolic OH excluding ortho intramolecular Hbond substituents is 1. The Kier molecular flexibility index (Phi) is 3.59. The van der Waals surface area contributed by atoms with Crippen molar-refractivity contribution in [3.05, 3.63) is 36.4 Å². The van der Waals surface area contributed by atoms with E-state index in [0.29, 0.717) is 5.75 Å². The van der Waals surface area contributed by atoms with Crippen molar-refractivity contribution in [2.24, 2.45) is 0 Å². The Bertz CT molecular complexity index is 353. The molecule has 2 N–H and O–H groups in total. The Balaban J connectivity index is 1.94. The lowest BCUT2D eigenvalue weighted by atomic mass is 10.1. The molecule has 1 aromatic rings. The highest BCUT2D eigenvalue weighted by Crippen LogP contribution is 2.17. The van der Waals surface area contributed by atoms with Gasteiger partial charge in [-0.15, -0.1) is 0 Å². The molecule has 86 valence electrons. The van der Waals surface area contributed by atoms with E-state index in [9.17, 15) is 5.11 Å². The summed E-state index contributed by atoms with van der Waals surface area (Å²) < 4.78 is 0. The predicted octanol–water partition coefficient (Wildman–Crippen LogP) is 1.31. The van der Waals surface area contributed by atoms with Crippen LogP contribution in [0.1, 0.15) is 5.56 Å². The van der Waals surface area contributed by atoms with Gasteiger partial charge in [0.2, 0.25) is 0 Å². The van der Waals surface area contributed by atoms with Gasteiger partial charge in [-0.1, -0.05) is 18.7 Å². The minimum absolute atomic E-state index is 0.304. The first-order chi connectivity index (χ1) is 7.75. The Morgan fingerprint density at radius 2 is 1.88 bits per heavy atom. The van der Waals surface area contributed by atoms with Gasteiger partial charge in [-0.05, 0) is 23.3 Å². The number of hydrogen-bond acceptors (Lipinski definition) is 3. The molecule has 1 aliphatic heterocycles. The Labute approximate surface area is 96.4 Å². The highest BCUT2D eigenvalue weighted by Gasteiger charge is 2.10. The average molecular weight is 218 g/mol. The van der Waals surface area contributed by atoms with Crippen LogP contribution in [-0.4, -0.2) is 42.7 Å². The SMILES string of the molecule is C=C(CN1CCNCC1)c1ccc(O)cc1. The van der Waals surface area contributed by atoms with Crippen LogP contribution in [0.3, 0.4) is 0 Å². The molecule has 0 aliphatic carbocycles. The zero-order valence-corrected chi connectivity index (χ0v) is 9.45. The maximum Gasteiger partial charge on any atom is 0.115 e. The van der Waals surface area contributed by atoms with Gasteiger partial charge in [-0.3, -0.25) is 4.90 Å². The van der Waals surface area contributed by atoms with Crippen LogP contribution < -0.4 is 5.32 Å². The Morgan fingerprint density at radius 1 is 1.25 bits per heavy atom. The molecular formula is C13H18N2O. The van der Waals surface area contributed by atoms with Crippen LogP contribution in [0.15, 0.2) is 30.8 Å². The topological polar surface area (TPSA) is 35.5 Å². The third kappa shape index (κ3) is 2.84. The van der Waals surface area contributed by atoms with Crippen molar-refractivity contribution in [2.75, 3.05) is 32.7 Å². The van der Waals surface area contributed by atoms with Crippen molar-refractivity contribution in [3.63, 3.8) is 0 Å². The molecular weight excluding hydrogens is 200 g/mol. The molecule has 0 amide bonds. The smallest absolute Gasteiger partial charge is 0.115 e. The van der Waals surface area contributed by atoms with E-state index in [4.69, 9.17) is 0 Å². The zero-order valence-electron chi connectivity index (χ0n) is 9.45. The minimum atomic E-state index is 0.304. The van der Waals surface area contributed by atoms with Gasteiger partial charge < -0.3 is 10.4 Å². The van der Waals surface area contributed by atoms with E-state index in [1.807, 2.05) is 12.1 Å². The van der Waals surface area contributed by atoms with Gasteiger partial charge in [0.1, 0.15) is 5.75 Å². The van der Waals surface area contributed by atoms with Gasteiger partial charge in [0.05, 0.1) is 0 Å². The van der Waals surface area contributed by atoms with Crippen LogP contribution >= 0.6 is 0 Å². The van der Waals surface area contributed by atoms with Crippen molar-refractivity contribution >= 4 is 5.57 Å². The molecule has 0 saturated carbocycles. The average Bonchev–Trinajstić information content (AvgIpc) is 2.31. The number of benzene rings is 1. The number of aromatic hydroxyl groups is 1. The van der Waals surface area contributed by atoms with Gasteiger partial charge in [-0.25, -0.2) is 0 Å². The summed E-state index contributed by atoms with van der Waals surface area (Å²) in [4.78, 5) is 2.39. The quantitative estimate of drug-likeness (QED) is 0.803. The largest absolute Gasteiger partial charge is 0.508 e. The molecule has 0 atom stereocenters. The maximum absolute atomic E-state index is 9.21. The molecule has 1 aromatic carbocycles. The molecule has 3 heteroatoms. The fraction of sp³-hybridized carbons (Fsp3) is 0.385. The van der Waals surface area contributed by atoms with Gasteiger partial charge in [0.15, 0.2) is 0 Å². The van der Waals surface area contributed by atoms with Crippen LogP contribution in [0.4, 0.5) is 0 Å². The zero-order chi connectivity index (χ0) is 11.4. The first-order valence-corrected chi connectivity index (χ1v) is 5.66. The normalized spacial score (nSPS) is 17.2. The standard InChI is InChI=1S/C13H18N2O/c1-11(10-15-8-6-14-7-9-15)12-2-4-13(16)5-3-12/h2-5,14,16H,1,6-10H2. The highest BCUT2D eigenvalue weighted by molar-refractivity contribution is 5.65. The summed E-state index contributed by atoms with van der Waals surface area (Å²) >= 11 is 0. The van der Waals surface area contributed by atoms with E-state index in [2.05, 4.69) is 16.8 Å². The second kappa shape index (κ2) is 5.14. The lowest BCUT2D eigenvalue weighted by Gasteiger charge is -2.27. The van der Waals surface area contributed by atoms with E-state index in [0.717, 1.165) is 43.9 Å².